The van der Waals surface area contributed by atoms with Crippen molar-refractivity contribution in [2.45, 2.75) is 43.0 Å². The van der Waals surface area contributed by atoms with Crippen LogP contribution >= 0.6 is 11.6 Å². The van der Waals surface area contributed by atoms with Gasteiger partial charge in [0.1, 0.15) is 0 Å². The highest BCUT2D eigenvalue weighted by molar-refractivity contribution is 7.93. The first-order valence-electron chi connectivity index (χ1n) is 9.62. The number of rotatable bonds is 3. The number of anilines is 1. The van der Waals surface area contributed by atoms with E-state index in [2.05, 4.69) is 19.1 Å². The number of hydrogen-bond donors (Lipinski definition) is 0. The number of para-hydroxylation sites is 1. The molecule has 0 aliphatic carbocycles. The molecule has 5 heteroatoms. The molecule has 1 aliphatic heterocycles. The molecule has 0 saturated heterocycles. The maximum atomic E-state index is 13.7. The average Bonchev–Trinajstić information content (AvgIpc) is 2.68. The highest BCUT2D eigenvalue weighted by Crippen LogP contribution is 2.51. The molecular weight excluding hydrogens is 402 g/mol. The number of halogens is 1. The largest absolute Gasteiger partial charge is 0.264 e. The SMILES string of the molecule is CC1(c2ccccc2)CC(C)(C)N(S(=O)(=O)c2ccc(Cl)cc2)c2ccccc21. The molecule has 0 spiro atoms. The summed E-state index contributed by atoms with van der Waals surface area (Å²) in [6.45, 7) is 6.20. The lowest BCUT2D eigenvalue weighted by Crippen LogP contribution is -2.55. The van der Waals surface area contributed by atoms with E-state index >= 15 is 0 Å². The van der Waals surface area contributed by atoms with Gasteiger partial charge in [0.2, 0.25) is 0 Å². The summed E-state index contributed by atoms with van der Waals surface area (Å²) in [6, 6.07) is 24.5. The van der Waals surface area contributed by atoms with E-state index in [9.17, 15) is 8.42 Å². The van der Waals surface area contributed by atoms with Gasteiger partial charge in [-0.1, -0.05) is 67.1 Å². The zero-order valence-electron chi connectivity index (χ0n) is 16.8. The third-order valence-corrected chi connectivity index (χ3v) is 8.11. The molecule has 0 bridgehead atoms. The van der Waals surface area contributed by atoms with Crippen molar-refractivity contribution in [3.05, 3.63) is 95.0 Å². The predicted octanol–water partition coefficient (Wildman–Crippen LogP) is 6.02. The summed E-state index contributed by atoms with van der Waals surface area (Å²) in [5.74, 6) is 0. The fourth-order valence-electron chi connectivity index (χ4n) is 4.71. The number of hydrogen-bond acceptors (Lipinski definition) is 2. The van der Waals surface area contributed by atoms with Crippen molar-refractivity contribution >= 4 is 27.3 Å². The van der Waals surface area contributed by atoms with Crippen molar-refractivity contribution in [1.29, 1.82) is 0 Å². The lowest BCUT2D eigenvalue weighted by Gasteiger charge is -2.51. The Morgan fingerprint density at radius 2 is 1.41 bits per heavy atom. The van der Waals surface area contributed by atoms with Crippen LogP contribution in [0.4, 0.5) is 5.69 Å². The number of nitrogens with zero attached hydrogens (tertiary/aromatic N) is 1. The lowest BCUT2D eigenvalue weighted by atomic mass is 9.66. The fourth-order valence-corrected chi connectivity index (χ4v) is 6.66. The van der Waals surface area contributed by atoms with Gasteiger partial charge in [0.15, 0.2) is 0 Å². The molecule has 150 valence electrons. The van der Waals surface area contributed by atoms with Gasteiger partial charge in [-0.05, 0) is 61.7 Å². The quantitative estimate of drug-likeness (QED) is 0.514. The van der Waals surface area contributed by atoms with Crippen LogP contribution in [0.3, 0.4) is 0 Å². The van der Waals surface area contributed by atoms with Gasteiger partial charge in [-0.25, -0.2) is 8.42 Å². The summed E-state index contributed by atoms with van der Waals surface area (Å²) in [7, 11) is -3.76. The molecule has 3 aromatic rings. The summed E-state index contributed by atoms with van der Waals surface area (Å²) in [5, 5.41) is 0.513. The monoisotopic (exact) mass is 425 g/mol. The Morgan fingerprint density at radius 3 is 2.07 bits per heavy atom. The van der Waals surface area contributed by atoms with Crippen molar-refractivity contribution in [3.63, 3.8) is 0 Å². The molecule has 29 heavy (non-hydrogen) atoms. The molecule has 4 rings (SSSR count). The summed E-state index contributed by atoms with van der Waals surface area (Å²) < 4.78 is 29.0. The second-order valence-electron chi connectivity index (χ2n) is 8.43. The van der Waals surface area contributed by atoms with Crippen LogP contribution in [0.2, 0.25) is 5.02 Å². The first-order chi connectivity index (χ1) is 13.7. The molecule has 1 unspecified atom stereocenters. The first-order valence-corrected chi connectivity index (χ1v) is 11.4. The average molecular weight is 426 g/mol. The van der Waals surface area contributed by atoms with Crippen LogP contribution in [-0.2, 0) is 15.4 Å². The molecular formula is C24H24ClNO2S. The van der Waals surface area contributed by atoms with Gasteiger partial charge in [0.25, 0.3) is 10.0 Å². The maximum absolute atomic E-state index is 13.7. The second-order valence-corrected chi connectivity index (χ2v) is 10.7. The maximum Gasteiger partial charge on any atom is 0.264 e. The van der Waals surface area contributed by atoms with Crippen LogP contribution < -0.4 is 4.31 Å². The fraction of sp³-hybridized carbons (Fsp3) is 0.250. The predicted molar refractivity (Wildman–Crippen MR) is 119 cm³/mol. The van der Waals surface area contributed by atoms with Gasteiger partial charge in [-0.2, -0.15) is 0 Å². The zero-order valence-corrected chi connectivity index (χ0v) is 18.3. The van der Waals surface area contributed by atoms with Crippen LogP contribution in [0.15, 0.2) is 83.8 Å². The van der Waals surface area contributed by atoms with Crippen LogP contribution in [0.1, 0.15) is 38.3 Å². The molecule has 3 nitrogen and oxygen atoms in total. The van der Waals surface area contributed by atoms with Crippen LogP contribution in [-0.4, -0.2) is 14.0 Å². The molecule has 3 aromatic carbocycles. The molecule has 0 amide bonds. The Morgan fingerprint density at radius 1 is 0.828 bits per heavy atom. The lowest BCUT2D eigenvalue weighted by molar-refractivity contribution is 0.351. The Balaban J connectivity index is 1.94. The van der Waals surface area contributed by atoms with Crippen LogP contribution in [0.25, 0.3) is 0 Å². The van der Waals surface area contributed by atoms with E-state index in [-0.39, 0.29) is 10.3 Å². The molecule has 0 saturated carbocycles. The van der Waals surface area contributed by atoms with Gasteiger partial charge in [-0.3, -0.25) is 4.31 Å². The minimum absolute atomic E-state index is 0.244. The van der Waals surface area contributed by atoms with E-state index in [1.54, 1.807) is 28.6 Å². The van der Waals surface area contributed by atoms with Crippen molar-refractivity contribution in [1.82, 2.24) is 0 Å². The third kappa shape index (κ3) is 3.24. The Bertz CT molecular complexity index is 1140. The van der Waals surface area contributed by atoms with E-state index in [0.717, 1.165) is 11.3 Å². The Labute approximate surface area is 178 Å². The summed E-state index contributed by atoms with van der Waals surface area (Å²) in [5.41, 5.74) is 2.00. The Hall–Kier alpha value is -2.30. The standard InChI is InChI=1S/C24H24ClNO2S/c1-23(2)17-24(3,18-9-5-4-6-10-18)21-11-7-8-12-22(21)26(23)29(27,28)20-15-13-19(25)14-16-20/h4-16H,17H2,1-3H3. The van der Waals surface area contributed by atoms with E-state index in [4.69, 9.17) is 11.6 Å². The topological polar surface area (TPSA) is 37.4 Å². The summed E-state index contributed by atoms with van der Waals surface area (Å²) in [6.07, 6.45) is 0.661. The normalized spacial score (nSPS) is 20.9. The summed E-state index contributed by atoms with van der Waals surface area (Å²) >= 11 is 5.98. The highest BCUT2D eigenvalue weighted by atomic mass is 35.5. The van der Waals surface area contributed by atoms with Gasteiger partial charge in [-0.15, -0.1) is 0 Å². The van der Waals surface area contributed by atoms with Gasteiger partial charge in [0, 0.05) is 10.4 Å². The minimum atomic E-state index is -3.76. The van der Waals surface area contributed by atoms with Gasteiger partial charge in [0.05, 0.1) is 16.1 Å². The molecule has 1 heterocycles. The molecule has 0 aromatic heterocycles. The van der Waals surface area contributed by atoms with Gasteiger partial charge >= 0.3 is 0 Å². The van der Waals surface area contributed by atoms with E-state index in [1.165, 1.54) is 5.56 Å². The molecule has 1 atom stereocenters. The number of benzene rings is 3. The Kier molecular flexibility index (Phi) is 4.75. The minimum Gasteiger partial charge on any atom is -0.260 e. The number of fused-ring (bicyclic) bond motifs is 1. The smallest absolute Gasteiger partial charge is 0.260 e. The van der Waals surface area contributed by atoms with Gasteiger partial charge < -0.3 is 0 Å². The second kappa shape index (κ2) is 6.89. The molecule has 0 N–H and O–H groups in total. The zero-order chi connectivity index (χ0) is 20.9. The molecule has 0 radical (unpaired) electrons. The summed E-state index contributed by atoms with van der Waals surface area (Å²) in [4.78, 5) is 0.244. The van der Waals surface area contributed by atoms with Crippen LogP contribution in [0.5, 0.6) is 0 Å². The third-order valence-electron chi connectivity index (χ3n) is 5.82. The molecule has 1 aliphatic rings. The van der Waals surface area contributed by atoms with E-state index < -0.39 is 15.6 Å². The van der Waals surface area contributed by atoms with Crippen molar-refractivity contribution in [2.24, 2.45) is 0 Å². The van der Waals surface area contributed by atoms with Crippen LogP contribution in [0, 0.1) is 0 Å². The van der Waals surface area contributed by atoms with Crippen molar-refractivity contribution in [3.8, 4) is 0 Å². The van der Waals surface area contributed by atoms with E-state index in [1.807, 2.05) is 56.3 Å². The van der Waals surface area contributed by atoms with E-state index in [0.29, 0.717) is 11.4 Å². The number of sulfonamides is 1. The van der Waals surface area contributed by atoms with Crippen molar-refractivity contribution in [2.75, 3.05) is 4.31 Å². The first kappa shape index (κ1) is 20.0. The highest BCUT2D eigenvalue weighted by Gasteiger charge is 2.49. The van der Waals surface area contributed by atoms with Crippen molar-refractivity contribution < 1.29 is 8.42 Å². The molecule has 0 fully saturated rings.